The predicted octanol–water partition coefficient (Wildman–Crippen LogP) is 5.95. The molecule has 0 fully saturated rings. The van der Waals surface area contributed by atoms with Gasteiger partial charge in [-0.2, -0.15) is 5.10 Å². The summed E-state index contributed by atoms with van der Waals surface area (Å²) in [7, 11) is 0. The topological polar surface area (TPSA) is 90.0 Å². The third kappa shape index (κ3) is 3.94. The van der Waals surface area contributed by atoms with Crippen LogP contribution in [-0.2, 0) is 12.8 Å². The van der Waals surface area contributed by atoms with E-state index in [2.05, 4.69) is 10.4 Å². The number of carbonyl (C=O) groups is 2. The zero-order chi connectivity index (χ0) is 24.0. The number of aryl methyl sites for hydroxylation is 1. The Morgan fingerprint density at radius 2 is 1.71 bits per heavy atom. The minimum absolute atomic E-state index is 0.206. The molecule has 9 heteroatoms. The van der Waals surface area contributed by atoms with Crippen LogP contribution in [0.3, 0.4) is 0 Å². The maximum atomic E-state index is 12.8. The van der Waals surface area contributed by atoms with Crippen molar-refractivity contribution in [2.75, 3.05) is 5.32 Å². The van der Waals surface area contributed by atoms with E-state index in [1.54, 1.807) is 47.1 Å². The first kappa shape index (κ1) is 22.5. The molecule has 170 valence electrons. The molecule has 3 N–H and O–H groups in total. The average Bonchev–Trinajstić information content (AvgIpc) is 3.22. The number of primary amides is 1. The summed E-state index contributed by atoms with van der Waals surface area (Å²) in [5.41, 5.74) is 10.8. The highest BCUT2D eigenvalue weighted by Gasteiger charge is 2.28. The molecule has 1 aliphatic rings. The monoisotopic (exact) mass is 510 g/mol. The Kier molecular flexibility index (Phi) is 5.81. The summed E-state index contributed by atoms with van der Waals surface area (Å²) < 4.78 is 1.65. The van der Waals surface area contributed by atoms with E-state index in [1.165, 1.54) is 0 Å². The lowest BCUT2D eigenvalue weighted by atomic mass is 9.88. The van der Waals surface area contributed by atoms with Crippen LogP contribution in [-0.4, -0.2) is 21.6 Å². The Morgan fingerprint density at radius 3 is 2.44 bits per heavy atom. The maximum absolute atomic E-state index is 12.8. The van der Waals surface area contributed by atoms with Gasteiger partial charge in [0.15, 0.2) is 5.69 Å². The molecule has 34 heavy (non-hydrogen) atoms. The van der Waals surface area contributed by atoms with Gasteiger partial charge in [-0.15, -0.1) is 0 Å². The van der Waals surface area contributed by atoms with Crippen LogP contribution < -0.4 is 11.1 Å². The van der Waals surface area contributed by atoms with Gasteiger partial charge in [0.05, 0.1) is 32.0 Å². The molecule has 0 radical (unpaired) electrons. The normalized spacial score (nSPS) is 12.1. The van der Waals surface area contributed by atoms with Crippen LogP contribution in [0.4, 0.5) is 5.69 Å². The zero-order valence-electron chi connectivity index (χ0n) is 17.6. The second-order valence-electron chi connectivity index (χ2n) is 7.86. The van der Waals surface area contributed by atoms with Gasteiger partial charge in [-0.3, -0.25) is 9.59 Å². The van der Waals surface area contributed by atoms with E-state index in [0.717, 1.165) is 22.4 Å². The fourth-order valence-corrected chi connectivity index (χ4v) is 4.68. The number of rotatable bonds is 4. The third-order valence-corrected chi connectivity index (χ3v) is 6.82. The van der Waals surface area contributed by atoms with Gasteiger partial charge >= 0.3 is 0 Å². The van der Waals surface area contributed by atoms with Crippen LogP contribution in [0.15, 0.2) is 60.7 Å². The highest BCUT2D eigenvalue weighted by molar-refractivity contribution is 6.42. The molecule has 4 aromatic rings. The zero-order valence-corrected chi connectivity index (χ0v) is 19.9. The van der Waals surface area contributed by atoms with Gasteiger partial charge < -0.3 is 11.1 Å². The predicted molar refractivity (Wildman–Crippen MR) is 134 cm³/mol. The Labute approximate surface area is 210 Å². The quantitative estimate of drug-likeness (QED) is 0.355. The average molecular weight is 512 g/mol. The lowest BCUT2D eigenvalue weighted by Gasteiger charge is -2.20. The van der Waals surface area contributed by atoms with E-state index in [-0.39, 0.29) is 11.6 Å². The number of anilines is 1. The summed E-state index contributed by atoms with van der Waals surface area (Å²) in [5.74, 6) is -0.931. The van der Waals surface area contributed by atoms with Gasteiger partial charge in [-0.25, -0.2) is 4.68 Å². The van der Waals surface area contributed by atoms with E-state index in [9.17, 15) is 9.59 Å². The van der Waals surface area contributed by atoms with Gasteiger partial charge in [0.25, 0.3) is 11.8 Å². The van der Waals surface area contributed by atoms with Crippen molar-refractivity contribution >= 4 is 52.3 Å². The van der Waals surface area contributed by atoms with Crippen molar-refractivity contribution in [3.63, 3.8) is 0 Å². The highest BCUT2D eigenvalue weighted by atomic mass is 35.5. The minimum atomic E-state index is -0.610. The van der Waals surface area contributed by atoms with Crippen molar-refractivity contribution < 1.29 is 9.59 Å². The number of hydrogen-bond donors (Lipinski definition) is 2. The molecule has 5 rings (SSSR count). The molecular weight excluding hydrogens is 495 g/mol. The van der Waals surface area contributed by atoms with Crippen LogP contribution in [0.1, 0.15) is 32.0 Å². The second-order valence-corrected chi connectivity index (χ2v) is 9.08. The van der Waals surface area contributed by atoms with Crippen LogP contribution in [0, 0.1) is 0 Å². The van der Waals surface area contributed by atoms with Crippen molar-refractivity contribution in [2.24, 2.45) is 5.73 Å². The van der Waals surface area contributed by atoms with Crippen molar-refractivity contribution in [3.05, 3.63) is 98.1 Å². The molecule has 0 unspecified atom stereocenters. The minimum Gasteiger partial charge on any atom is -0.364 e. The lowest BCUT2D eigenvalue weighted by Crippen LogP contribution is -2.15. The second kappa shape index (κ2) is 8.80. The van der Waals surface area contributed by atoms with Crippen molar-refractivity contribution in [1.29, 1.82) is 0 Å². The molecule has 3 aromatic carbocycles. The maximum Gasteiger partial charge on any atom is 0.269 e. The first-order chi connectivity index (χ1) is 16.3. The van der Waals surface area contributed by atoms with Crippen LogP contribution >= 0.6 is 34.8 Å². The van der Waals surface area contributed by atoms with Gasteiger partial charge in [0, 0.05) is 16.8 Å². The smallest absolute Gasteiger partial charge is 0.269 e. The van der Waals surface area contributed by atoms with Crippen LogP contribution in [0.5, 0.6) is 0 Å². The molecule has 1 heterocycles. The highest BCUT2D eigenvalue weighted by Crippen LogP contribution is 2.39. The van der Waals surface area contributed by atoms with E-state index >= 15 is 0 Å². The number of nitrogens with zero attached hydrogens (tertiary/aromatic N) is 2. The molecule has 6 nitrogen and oxygen atoms in total. The summed E-state index contributed by atoms with van der Waals surface area (Å²) in [6.45, 7) is 0. The molecule has 1 aromatic heterocycles. The number of amides is 2. The largest absolute Gasteiger partial charge is 0.364 e. The van der Waals surface area contributed by atoms with Gasteiger partial charge in [-0.1, -0.05) is 53.0 Å². The molecule has 0 bridgehead atoms. The summed E-state index contributed by atoms with van der Waals surface area (Å²) in [6.07, 6.45) is 1.31. The van der Waals surface area contributed by atoms with Crippen molar-refractivity contribution in [2.45, 2.75) is 12.8 Å². The number of nitrogens with two attached hydrogens (primary N) is 1. The SMILES string of the molecule is NC(=O)c1nn(-c2ccc(Cl)c(Cl)c2)c2c1CCc1ccc(NC(=O)c3ccccc3Cl)cc1-2. The van der Waals surface area contributed by atoms with Crippen molar-refractivity contribution in [3.8, 4) is 16.9 Å². The Balaban J connectivity index is 1.62. The number of carbonyl (C=O) groups excluding carboxylic acids is 2. The number of benzene rings is 3. The number of halogens is 3. The number of nitrogens with one attached hydrogen (secondary N) is 1. The summed E-state index contributed by atoms with van der Waals surface area (Å²) >= 11 is 18.5. The van der Waals surface area contributed by atoms with E-state index in [4.69, 9.17) is 40.5 Å². The first-order valence-electron chi connectivity index (χ1n) is 10.4. The van der Waals surface area contributed by atoms with Crippen molar-refractivity contribution in [1.82, 2.24) is 9.78 Å². The number of hydrogen-bond acceptors (Lipinski definition) is 3. The fourth-order valence-electron chi connectivity index (χ4n) is 4.16. The van der Waals surface area contributed by atoms with Crippen LogP contribution in [0.2, 0.25) is 15.1 Å². The number of aromatic nitrogens is 2. The van der Waals surface area contributed by atoms with Gasteiger partial charge in [-0.05, 0) is 60.9 Å². The summed E-state index contributed by atoms with van der Waals surface area (Å²) in [4.78, 5) is 25.0. The van der Waals surface area contributed by atoms with Gasteiger partial charge in [0.1, 0.15) is 0 Å². The summed E-state index contributed by atoms with van der Waals surface area (Å²) in [6, 6.07) is 17.6. The first-order valence-corrected chi connectivity index (χ1v) is 11.5. The van der Waals surface area contributed by atoms with E-state index in [1.807, 2.05) is 18.2 Å². The molecule has 0 spiro atoms. The molecule has 0 saturated carbocycles. The van der Waals surface area contributed by atoms with E-state index < -0.39 is 5.91 Å². The fraction of sp³-hybridized carbons (Fsp3) is 0.0800. The van der Waals surface area contributed by atoms with E-state index in [0.29, 0.717) is 44.8 Å². The molecule has 0 aliphatic heterocycles. The third-order valence-electron chi connectivity index (χ3n) is 5.75. The molecule has 0 atom stereocenters. The summed E-state index contributed by atoms with van der Waals surface area (Å²) in [5, 5.41) is 8.55. The lowest BCUT2D eigenvalue weighted by molar-refractivity contribution is 0.0992. The molecular formula is C25H17Cl3N4O2. The standard InChI is InChI=1S/C25H17Cl3N4O2/c26-19-4-2-1-3-16(19)25(34)30-14-7-5-13-6-9-17-22(24(29)33)31-32(23(17)18(13)11-14)15-8-10-20(27)21(28)12-15/h1-5,7-8,10-12H,6,9H2,(H2,29,33)(H,30,34). The van der Waals surface area contributed by atoms with Crippen LogP contribution in [0.25, 0.3) is 16.9 Å². The molecule has 0 saturated heterocycles. The number of fused-ring (bicyclic) bond motifs is 3. The Bertz CT molecular complexity index is 1480. The Morgan fingerprint density at radius 1 is 0.912 bits per heavy atom. The molecule has 2 amide bonds. The molecule has 1 aliphatic carbocycles. The Hall–Kier alpha value is -3.32. The van der Waals surface area contributed by atoms with Gasteiger partial charge in [0.2, 0.25) is 0 Å².